The molecule has 1 fully saturated rings. The van der Waals surface area contributed by atoms with Crippen LogP contribution in [0.4, 0.5) is 0 Å². The summed E-state index contributed by atoms with van der Waals surface area (Å²) >= 11 is 20.6. The van der Waals surface area contributed by atoms with Crippen molar-refractivity contribution in [1.82, 2.24) is 19.9 Å². The molecule has 1 aliphatic rings. The van der Waals surface area contributed by atoms with Crippen LogP contribution in [-0.4, -0.2) is 25.8 Å². The van der Waals surface area contributed by atoms with E-state index in [0.29, 0.717) is 61.1 Å². The molecule has 1 unspecified atom stereocenters. The molecule has 55 heavy (non-hydrogen) atoms. The lowest BCUT2D eigenvalue weighted by atomic mass is 9.78. The Morgan fingerprint density at radius 1 is 0.891 bits per heavy atom. The highest BCUT2D eigenvalue weighted by Crippen LogP contribution is 2.50. The van der Waals surface area contributed by atoms with E-state index < -0.39 is 5.91 Å². The molecule has 7 rings (SSSR count). The largest absolute Gasteiger partial charge is 0.364 e. The van der Waals surface area contributed by atoms with Crippen LogP contribution in [0.2, 0.25) is 15.1 Å². The summed E-state index contributed by atoms with van der Waals surface area (Å²) in [5.41, 5.74) is 14.0. The first-order valence-electron chi connectivity index (χ1n) is 18.2. The minimum atomic E-state index is -0.761. The molecule has 1 amide bonds. The van der Waals surface area contributed by atoms with Crippen molar-refractivity contribution in [2.75, 3.05) is 0 Å². The Bertz CT molecular complexity index is 2690. The molecule has 4 aromatic heterocycles. The number of nitriles is 1. The minimum absolute atomic E-state index is 0.0637. The Morgan fingerprint density at radius 2 is 1.56 bits per heavy atom. The van der Waals surface area contributed by atoms with Crippen LogP contribution in [0.3, 0.4) is 0 Å². The molecule has 3 N–H and O–H groups in total. The van der Waals surface area contributed by atoms with Crippen molar-refractivity contribution in [2.24, 2.45) is 17.6 Å². The molecule has 2 atom stereocenters. The third kappa shape index (κ3) is 7.34. The van der Waals surface area contributed by atoms with Crippen molar-refractivity contribution >= 4 is 62.5 Å². The molecule has 1 saturated carbocycles. The lowest BCUT2D eigenvalue weighted by Gasteiger charge is -2.28. The number of nitrogens with zero attached hydrogens (tertiary/aromatic N) is 4. The number of nitrogens with one attached hydrogen (secondary N) is 1. The summed E-state index contributed by atoms with van der Waals surface area (Å²) in [5.74, 6) is 0.0678. The van der Waals surface area contributed by atoms with Crippen LogP contribution < -0.4 is 11.2 Å². The molecular weight excluding hydrogens is 751 g/mol. The predicted molar refractivity (Wildman–Crippen MR) is 222 cm³/mol. The molecule has 0 bridgehead atoms. The van der Waals surface area contributed by atoms with Gasteiger partial charge in [0.05, 0.1) is 38.2 Å². The number of aryl methyl sites for hydroxylation is 2. The number of carbonyl (C=O) groups excluding carboxylic acids is 1. The van der Waals surface area contributed by atoms with Gasteiger partial charge in [-0.15, -0.1) is 0 Å². The maximum absolute atomic E-state index is 13.1. The number of fused-ring (bicyclic) bond motifs is 2. The summed E-state index contributed by atoms with van der Waals surface area (Å²) in [5, 5.41) is 12.5. The van der Waals surface area contributed by atoms with Crippen molar-refractivity contribution in [3.63, 3.8) is 0 Å². The van der Waals surface area contributed by atoms with Crippen molar-refractivity contribution in [3.8, 4) is 28.6 Å². The van der Waals surface area contributed by atoms with Crippen LogP contribution in [0.25, 0.3) is 44.3 Å². The SMILES string of the molecule is Cc1cc(C(C)(C)C)c(Cl)cc1-c1cc(Cl)c2c(C#N)nc(CC3C[C@@H]3CC(C)(C)c3cc(C)c(-c4cc(=O)c5c(C(N)=O)nccc5[nH]4)cc3Cl)cc2n1. The van der Waals surface area contributed by atoms with Gasteiger partial charge in [-0.2, -0.15) is 5.26 Å². The first kappa shape index (κ1) is 38.5. The number of halogens is 3. The summed E-state index contributed by atoms with van der Waals surface area (Å²) in [4.78, 5) is 42.0. The Labute approximate surface area is 335 Å². The highest BCUT2D eigenvalue weighted by molar-refractivity contribution is 6.36. The van der Waals surface area contributed by atoms with Crippen LogP contribution >= 0.6 is 34.8 Å². The third-order valence-electron chi connectivity index (χ3n) is 10.9. The number of carbonyl (C=O) groups is 1. The number of aromatic nitrogens is 4. The average molecular weight is 792 g/mol. The minimum Gasteiger partial charge on any atom is -0.364 e. The van der Waals surface area contributed by atoms with Gasteiger partial charge in [0.15, 0.2) is 11.1 Å². The van der Waals surface area contributed by atoms with Crippen molar-refractivity contribution in [1.29, 1.82) is 5.26 Å². The number of primary amides is 1. The molecule has 0 aliphatic heterocycles. The van der Waals surface area contributed by atoms with Crippen LogP contribution in [0.1, 0.15) is 91.6 Å². The maximum Gasteiger partial charge on any atom is 0.268 e. The Balaban J connectivity index is 1.12. The first-order chi connectivity index (χ1) is 25.9. The quantitative estimate of drug-likeness (QED) is 0.157. The number of amides is 1. The van der Waals surface area contributed by atoms with Gasteiger partial charge in [0.1, 0.15) is 11.8 Å². The van der Waals surface area contributed by atoms with Gasteiger partial charge in [0, 0.05) is 39.1 Å². The zero-order valence-electron chi connectivity index (χ0n) is 31.8. The van der Waals surface area contributed by atoms with Gasteiger partial charge in [-0.1, -0.05) is 81.6 Å². The maximum atomic E-state index is 13.1. The fourth-order valence-corrected chi connectivity index (χ4v) is 9.14. The van der Waals surface area contributed by atoms with E-state index in [-0.39, 0.29) is 33.0 Å². The smallest absolute Gasteiger partial charge is 0.268 e. The Morgan fingerprint density at radius 3 is 2.25 bits per heavy atom. The standard InChI is InChI=1S/C44H41Cl3N6O2/c1-21-10-28(43(3,4)5)30(45)15-26(21)34-17-32(47)39-36(53-34)14-25(51-37(39)20-48)13-23-12-24(23)19-44(6,7)29-11-22(2)27(16-31(29)46)35-18-38(54)40-33(52-35)8-9-50-41(40)42(49)55/h8-11,14-18,23-24H,12-13,19H2,1-7H3,(H2,49,55)(H,52,54)/t23?,24-/m1/s1. The van der Waals surface area contributed by atoms with E-state index in [1.54, 1.807) is 12.1 Å². The fraction of sp³-hybridized carbons (Fsp3) is 0.318. The van der Waals surface area contributed by atoms with Gasteiger partial charge < -0.3 is 10.7 Å². The van der Waals surface area contributed by atoms with E-state index in [9.17, 15) is 14.9 Å². The van der Waals surface area contributed by atoms with E-state index in [4.69, 9.17) is 50.5 Å². The van der Waals surface area contributed by atoms with Gasteiger partial charge in [-0.05, 0) is 108 Å². The van der Waals surface area contributed by atoms with Crippen molar-refractivity contribution in [2.45, 2.75) is 78.6 Å². The van der Waals surface area contributed by atoms with Gasteiger partial charge in [0.25, 0.3) is 5.91 Å². The van der Waals surface area contributed by atoms with Gasteiger partial charge in [-0.25, -0.2) is 9.97 Å². The van der Waals surface area contributed by atoms with E-state index in [1.165, 1.54) is 12.3 Å². The Kier molecular flexibility index (Phi) is 9.82. The second-order valence-electron chi connectivity index (χ2n) is 16.5. The monoisotopic (exact) mass is 790 g/mol. The molecule has 280 valence electrons. The number of benzene rings is 2. The molecule has 4 heterocycles. The van der Waals surface area contributed by atoms with E-state index in [1.807, 2.05) is 32.0 Å². The lowest BCUT2D eigenvalue weighted by molar-refractivity contribution is 0.0997. The molecule has 0 radical (unpaired) electrons. The topological polar surface area (TPSA) is 138 Å². The third-order valence-corrected chi connectivity index (χ3v) is 11.8. The normalized spacial score (nSPS) is 15.7. The molecular formula is C44H41Cl3N6O2. The van der Waals surface area contributed by atoms with E-state index in [2.05, 4.69) is 62.8 Å². The summed E-state index contributed by atoms with van der Waals surface area (Å²) < 4.78 is 0. The molecule has 8 nitrogen and oxygen atoms in total. The highest BCUT2D eigenvalue weighted by Gasteiger charge is 2.42. The summed E-state index contributed by atoms with van der Waals surface area (Å²) in [7, 11) is 0. The van der Waals surface area contributed by atoms with Gasteiger partial charge in [0.2, 0.25) is 0 Å². The zero-order chi connectivity index (χ0) is 39.7. The number of rotatable bonds is 8. The van der Waals surface area contributed by atoms with Crippen molar-refractivity contribution in [3.05, 3.63) is 119 Å². The second-order valence-corrected chi connectivity index (χ2v) is 17.8. The van der Waals surface area contributed by atoms with Crippen LogP contribution in [0.15, 0.2) is 59.5 Å². The van der Waals surface area contributed by atoms with Gasteiger partial charge in [-0.3, -0.25) is 14.6 Å². The molecule has 2 aromatic carbocycles. The number of aromatic amines is 1. The first-order valence-corrected chi connectivity index (χ1v) is 19.3. The number of hydrogen-bond acceptors (Lipinski definition) is 6. The number of nitrogens with two attached hydrogens (primary N) is 1. The second kappa shape index (κ2) is 14.0. The molecule has 0 saturated heterocycles. The Hall–Kier alpha value is -4.81. The number of pyridine rings is 4. The van der Waals surface area contributed by atoms with E-state index in [0.717, 1.165) is 51.9 Å². The average Bonchev–Trinajstić information content (AvgIpc) is 3.83. The van der Waals surface area contributed by atoms with E-state index >= 15 is 0 Å². The van der Waals surface area contributed by atoms with Crippen LogP contribution in [0, 0.1) is 37.0 Å². The van der Waals surface area contributed by atoms with Gasteiger partial charge >= 0.3 is 0 Å². The summed E-state index contributed by atoms with van der Waals surface area (Å²) in [6, 6.07) is 17.2. The number of hydrogen-bond donors (Lipinski definition) is 2. The van der Waals surface area contributed by atoms with Crippen molar-refractivity contribution < 1.29 is 4.79 Å². The molecule has 6 aromatic rings. The highest BCUT2D eigenvalue weighted by atomic mass is 35.5. The predicted octanol–water partition coefficient (Wildman–Crippen LogP) is 10.6. The molecule has 11 heteroatoms. The molecule has 1 aliphatic carbocycles. The number of H-pyrrole nitrogens is 1. The zero-order valence-corrected chi connectivity index (χ0v) is 34.1. The summed E-state index contributed by atoms with van der Waals surface area (Å²) in [6.45, 7) is 14.9. The summed E-state index contributed by atoms with van der Waals surface area (Å²) in [6.07, 6.45) is 4.11. The molecule has 0 spiro atoms. The van der Waals surface area contributed by atoms with Crippen LogP contribution in [-0.2, 0) is 17.3 Å². The fourth-order valence-electron chi connectivity index (χ4n) is 7.98. The lowest BCUT2D eigenvalue weighted by Crippen LogP contribution is -2.20. The van der Waals surface area contributed by atoms with Crippen LogP contribution in [0.5, 0.6) is 0 Å².